The summed E-state index contributed by atoms with van der Waals surface area (Å²) in [6.45, 7) is 4.21. The van der Waals surface area contributed by atoms with Gasteiger partial charge in [-0.25, -0.2) is 0 Å². The fourth-order valence-corrected chi connectivity index (χ4v) is 3.31. The first-order valence-electron chi connectivity index (χ1n) is 9.18. The highest BCUT2D eigenvalue weighted by atomic mass is 32.2. The van der Waals surface area contributed by atoms with E-state index in [1.807, 2.05) is 31.2 Å². The maximum atomic E-state index is 12.5. The van der Waals surface area contributed by atoms with Crippen LogP contribution in [-0.2, 0) is 4.79 Å². The van der Waals surface area contributed by atoms with Crippen LogP contribution in [0.25, 0.3) is 5.69 Å². The number of nitrogens with one attached hydrogen (secondary N) is 1. The number of rotatable bonds is 9. The van der Waals surface area contributed by atoms with Crippen LogP contribution in [-0.4, -0.2) is 44.3 Å². The average molecular weight is 411 g/mol. The monoisotopic (exact) mass is 411 g/mol. The second kappa shape index (κ2) is 9.83. The Morgan fingerprint density at radius 2 is 1.86 bits per heavy atom. The van der Waals surface area contributed by atoms with E-state index >= 15 is 0 Å². The lowest BCUT2D eigenvalue weighted by Gasteiger charge is -2.10. The van der Waals surface area contributed by atoms with Crippen LogP contribution in [0.4, 0.5) is 5.69 Å². The lowest BCUT2D eigenvalue weighted by atomic mass is 10.1. The molecule has 0 bridgehead atoms. The summed E-state index contributed by atoms with van der Waals surface area (Å²) in [6.07, 6.45) is 0.401. The standard InChI is InChI=1S/C20H21N5O3S/c1-3-19(27)21-15-11-9-14(10-12-15)17(26)13-29-20-22-23-24-25(20)16-7-5-6-8-18(16)28-4-2/h5-12H,3-4,13H2,1-2H3,(H,21,27). The Morgan fingerprint density at radius 3 is 2.59 bits per heavy atom. The number of benzene rings is 2. The number of amides is 1. The van der Waals surface area contributed by atoms with Crippen LogP contribution in [0, 0.1) is 0 Å². The van der Waals surface area contributed by atoms with Gasteiger partial charge in [0.1, 0.15) is 11.4 Å². The van der Waals surface area contributed by atoms with E-state index in [2.05, 4.69) is 20.8 Å². The van der Waals surface area contributed by atoms with Crippen LogP contribution < -0.4 is 10.1 Å². The van der Waals surface area contributed by atoms with Gasteiger partial charge in [-0.3, -0.25) is 9.59 Å². The number of anilines is 1. The molecule has 1 heterocycles. The van der Waals surface area contributed by atoms with Crippen molar-refractivity contribution in [2.24, 2.45) is 0 Å². The summed E-state index contributed by atoms with van der Waals surface area (Å²) in [6, 6.07) is 14.3. The van der Waals surface area contributed by atoms with Gasteiger partial charge in [-0.2, -0.15) is 4.68 Å². The Hall–Kier alpha value is -3.20. The molecule has 8 nitrogen and oxygen atoms in total. The molecule has 29 heavy (non-hydrogen) atoms. The SMILES string of the molecule is CCOc1ccccc1-n1nnnc1SCC(=O)c1ccc(NC(=O)CC)cc1. The van der Waals surface area contributed by atoms with Crippen molar-refractivity contribution in [1.29, 1.82) is 0 Å². The zero-order valence-electron chi connectivity index (χ0n) is 16.2. The number of tetrazole rings is 1. The van der Waals surface area contributed by atoms with Gasteiger partial charge in [0.25, 0.3) is 0 Å². The van der Waals surface area contributed by atoms with E-state index < -0.39 is 0 Å². The number of ether oxygens (including phenoxy) is 1. The molecule has 0 saturated carbocycles. The third-order valence-electron chi connectivity index (χ3n) is 3.98. The van der Waals surface area contributed by atoms with Crippen molar-refractivity contribution in [2.75, 3.05) is 17.7 Å². The van der Waals surface area contributed by atoms with Crippen molar-refractivity contribution in [3.05, 3.63) is 54.1 Å². The molecule has 1 aromatic heterocycles. The summed E-state index contributed by atoms with van der Waals surface area (Å²) in [7, 11) is 0. The molecule has 3 aromatic rings. The van der Waals surface area contributed by atoms with Gasteiger partial charge in [0.15, 0.2) is 5.78 Å². The summed E-state index contributed by atoms with van der Waals surface area (Å²) < 4.78 is 7.20. The van der Waals surface area contributed by atoms with Gasteiger partial charge in [-0.15, -0.1) is 5.10 Å². The molecule has 1 N–H and O–H groups in total. The second-order valence-corrected chi connectivity index (χ2v) is 6.91. The Labute approximate surface area is 172 Å². The predicted molar refractivity (Wildman–Crippen MR) is 111 cm³/mol. The minimum absolute atomic E-state index is 0.0592. The molecule has 2 aromatic carbocycles. The summed E-state index contributed by atoms with van der Waals surface area (Å²) in [5.41, 5.74) is 1.93. The number of hydrogen-bond donors (Lipinski definition) is 1. The first kappa shape index (κ1) is 20.5. The fraction of sp³-hybridized carbons (Fsp3) is 0.250. The minimum Gasteiger partial charge on any atom is -0.492 e. The van der Waals surface area contributed by atoms with Gasteiger partial charge in [0, 0.05) is 17.7 Å². The molecule has 150 valence electrons. The number of Topliss-reactive ketones (excluding diaryl/α,β-unsaturated/α-hetero) is 1. The van der Waals surface area contributed by atoms with E-state index in [0.29, 0.717) is 40.9 Å². The molecule has 0 aliphatic rings. The Balaban J connectivity index is 1.68. The minimum atomic E-state index is -0.0706. The van der Waals surface area contributed by atoms with Crippen molar-refractivity contribution in [2.45, 2.75) is 25.4 Å². The number of ketones is 1. The van der Waals surface area contributed by atoms with E-state index in [4.69, 9.17) is 4.74 Å². The quantitative estimate of drug-likeness (QED) is 0.426. The van der Waals surface area contributed by atoms with Crippen LogP contribution in [0.1, 0.15) is 30.6 Å². The smallest absolute Gasteiger partial charge is 0.224 e. The van der Waals surface area contributed by atoms with Crippen molar-refractivity contribution in [3.63, 3.8) is 0 Å². The summed E-state index contributed by atoms with van der Waals surface area (Å²) in [5.74, 6) is 0.715. The maximum absolute atomic E-state index is 12.5. The number of thioether (sulfide) groups is 1. The first-order chi connectivity index (χ1) is 14.1. The zero-order chi connectivity index (χ0) is 20.6. The molecule has 9 heteroatoms. The molecule has 0 fully saturated rings. The van der Waals surface area contributed by atoms with Gasteiger partial charge in [0.05, 0.1) is 12.4 Å². The molecular formula is C20H21N5O3S. The molecular weight excluding hydrogens is 390 g/mol. The van der Waals surface area contributed by atoms with Crippen molar-refractivity contribution in [3.8, 4) is 11.4 Å². The highest BCUT2D eigenvalue weighted by Gasteiger charge is 2.15. The molecule has 0 radical (unpaired) electrons. The fourth-order valence-electron chi connectivity index (χ4n) is 2.53. The number of aromatic nitrogens is 4. The van der Waals surface area contributed by atoms with Crippen molar-refractivity contribution >= 4 is 29.1 Å². The van der Waals surface area contributed by atoms with E-state index in [9.17, 15) is 9.59 Å². The maximum Gasteiger partial charge on any atom is 0.224 e. The second-order valence-electron chi connectivity index (χ2n) is 5.96. The van der Waals surface area contributed by atoms with Crippen LogP contribution in [0.2, 0.25) is 0 Å². The van der Waals surface area contributed by atoms with Crippen LogP contribution in [0.5, 0.6) is 5.75 Å². The van der Waals surface area contributed by atoms with Crippen molar-refractivity contribution < 1.29 is 14.3 Å². The number of nitrogens with zero attached hydrogens (tertiary/aromatic N) is 4. The third-order valence-corrected chi connectivity index (χ3v) is 4.90. The van der Waals surface area contributed by atoms with E-state index in [1.54, 1.807) is 35.9 Å². The molecule has 0 saturated heterocycles. The van der Waals surface area contributed by atoms with Crippen LogP contribution in [0.15, 0.2) is 53.7 Å². The third kappa shape index (κ3) is 5.20. The van der Waals surface area contributed by atoms with E-state index in [1.165, 1.54) is 11.8 Å². The normalized spacial score (nSPS) is 10.6. The molecule has 0 aliphatic carbocycles. The Kier molecular flexibility index (Phi) is 6.96. The summed E-state index contributed by atoms with van der Waals surface area (Å²) in [5, 5.41) is 15.0. The molecule has 0 aliphatic heterocycles. The van der Waals surface area contributed by atoms with Crippen LogP contribution >= 0.6 is 11.8 Å². The van der Waals surface area contributed by atoms with Gasteiger partial charge >= 0.3 is 0 Å². The van der Waals surface area contributed by atoms with Gasteiger partial charge in [-0.05, 0) is 53.7 Å². The first-order valence-corrected chi connectivity index (χ1v) is 10.2. The van der Waals surface area contributed by atoms with Crippen molar-refractivity contribution in [1.82, 2.24) is 20.2 Å². The Morgan fingerprint density at radius 1 is 1.10 bits per heavy atom. The van der Waals surface area contributed by atoms with Gasteiger partial charge in [-0.1, -0.05) is 30.8 Å². The number of hydrogen-bond acceptors (Lipinski definition) is 7. The molecule has 3 rings (SSSR count). The van der Waals surface area contributed by atoms with E-state index in [0.717, 1.165) is 0 Å². The average Bonchev–Trinajstić information content (AvgIpc) is 3.21. The summed E-state index contributed by atoms with van der Waals surface area (Å²) in [4.78, 5) is 24.0. The zero-order valence-corrected chi connectivity index (χ0v) is 17.0. The Bertz CT molecular complexity index is 988. The highest BCUT2D eigenvalue weighted by molar-refractivity contribution is 7.99. The number of carbonyl (C=O) groups excluding carboxylic acids is 2. The number of carbonyl (C=O) groups is 2. The molecule has 0 unspecified atom stereocenters. The largest absolute Gasteiger partial charge is 0.492 e. The predicted octanol–water partition coefficient (Wildman–Crippen LogP) is 3.38. The van der Waals surface area contributed by atoms with Gasteiger partial charge in [0.2, 0.25) is 11.1 Å². The topological polar surface area (TPSA) is 99.0 Å². The lowest BCUT2D eigenvalue weighted by molar-refractivity contribution is -0.115. The highest BCUT2D eigenvalue weighted by Crippen LogP contribution is 2.26. The van der Waals surface area contributed by atoms with Gasteiger partial charge < -0.3 is 10.1 Å². The van der Waals surface area contributed by atoms with E-state index in [-0.39, 0.29) is 17.4 Å². The number of para-hydroxylation sites is 2. The van der Waals surface area contributed by atoms with Crippen LogP contribution in [0.3, 0.4) is 0 Å². The molecule has 1 amide bonds. The lowest BCUT2D eigenvalue weighted by Crippen LogP contribution is -2.10. The molecule has 0 atom stereocenters. The molecule has 0 spiro atoms. The summed E-state index contributed by atoms with van der Waals surface area (Å²) >= 11 is 1.25.